The van der Waals surface area contributed by atoms with E-state index in [4.69, 9.17) is 0 Å². The summed E-state index contributed by atoms with van der Waals surface area (Å²) in [6.45, 7) is 1.57. The van der Waals surface area contributed by atoms with Gasteiger partial charge < -0.3 is 9.88 Å². The molecule has 132 valence electrons. The van der Waals surface area contributed by atoms with Crippen molar-refractivity contribution < 1.29 is 9.18 Å². The monoisotopic (exact) mass is 342 g/mol. The number of hydrogen-bond acceptors (Lipinski definition) is 3. The highest BCUT2D eigenvalue weighted by Gasteiger charge is 2.43. The predicted molar refractivity (Wildman–Crippen MR) is 91.5 cm³/mol. The lowest BCUT2D eigenvalue weighted by Gasteiger charge is -2.08. The van der Waals surface area contributed by atoms with Crippen molar-refractivity contribution in [2.75, 3.05) is 6.54 Å². The Morgan fingerprint density at radius 3 is 2.88 bits per heavy atom. The van der Waals surface area contributed by atoms with Crippen LogP contribution in [0.5, 0.6) is 0 Å². The molecule has 4 rings (SSSR count). The van der Waals surface area contributed by atoms with Gasteiger partial charge in [0, 0.05) is 31.8 Å². The van der Waals surface area contributed by atoms with E-state index in [1.54, 1.807) is 12.1 Å². The minimum absolute atomic E-state index is 0.0148. The first-order valence-electron chi connectivity index (χ1n) is 9.16. The molecular formula is C19H23FN4O. The molecule has 2 aromatic rings. The second kappa shape index (κ2) is 6.94. The van der Waals surface area contributed by atoms with E-state index < -0.39 is 0 Å². The van der Waals surface area contributed by atoms with E-state index in [0.29, 0.717) is 13.0 Å². The number of aromatic nitrogens is 3. The highest BCUT2D eigenvalue weighted by atomic mass is 19.1. The maximum Gasteiger partial charge on any atom is 0.223 e. The second-order valence-corrected chi connectivity index (χ2v) is 7.04. The minimum Gasteiger partial charge on any atom is -0.355 e. The van der Waals surface area contributed by atoms with E-state index in [0.717, 1.165) is 36.6 Å². The normalized spacial score (nSPS) is 22.1. The lowest BCUT2D eigenvalue weighted by atomic mass is 10.1. The maximum absolute atomic E-state index is 13.0. The molecule has 1 saturated carbocycles. The van der Waals surface area contributed by atoms with Gasteiger partial charge in [-0.2, -0.15) is 0 Å². The second-order valence-electron chi connectivity index (χ2n) is 7.04. The molecule has 1 aromatic carbocycles. The summed E-state index contributed by atoms with van der Waals surface area (Å²) in [5, 5.41) is 11.6. The van der Waals surface area contributed by atoms with Crippen LogP contribution in [0.15, 0.2) is 24.3 Å². The van der Waals surface area contributed by atoms with Gasteiger partial charge in [-0.3, -0.25) is 4.79 Å². The zero-order valence-corrected chi connectivity index (χ0v) is 14.2. The van der Waals surface area contributed by atoms with E-state index >= 15 is 0 Å². The van der Waals surface area contributed by atoms with Crippen LogP contribution in [-0.2, 0) is 24.2 Å². The average molecular weight is 342 g/mol. The van der Waals surface area contributed by atoms with Gasteiger partial charge in [-0.25, -0.2) is 4.39 Å². The Morgan fingerprint density at radius 1 is 1.20 bits per heavy atom. The molecule has 1 aromatic heterocycles. The first kappa shape index (κ1) is 16.2. The van der Waals surface area contributed by atoms with Crippen LogP contribution in [0.25, 0.3) is 0 Å². The number of carbonyl (C=O) groups is 1. The van der Waals surface area contributed by atoms with Crippen LogP contribution in [-0.4, -0.2) is 27.2 Å². The summed E-state index contributed by atoms with van der Waals surface area (Å²) in [5.74, 6) is 2.15. The molecule has 0 unspecified atom stereocenters. The van der Waals surface area contributed by atoms with Gasteiger partial charge in [0.25, 0.3) is 0 Å². The lowest BCUT2D eigenvalue weighted by molar-refractivity contribution is -0.122. The molecule has 0 spiro atoms. The number of aryl methyl sites for hydroxylation is 1. The van der Waals surface area contributed by atoms with Crippen LogP contribution in [0.4, 0.5) is 4.39 Å². The third kappa shape index (κ3) is 3.57. The van der Waals surface area contributed by atoms with E-state index in [2.05, 4.69) is 20.1 Å². The minimum atomic E-state index is -0.238. The molecule has 1 fully saturated rings. The molecule has 5 nitrogen and oxygen atoms in total. The summed E-state index contributed by atoms with van der Waals surface area (Å²) in [6.07, 6.45) is 6.16. The van der Waals surface area contributed by atoms with Crippen molar-refractivity contribution in [3.63, 3.8) is 0 Å². The molecule has 6 heteroatoms. The van der Waals surface area contributed by atoms with Crippen molar-refractivity contribution in [2.24, 2.45) is 5.92 Å². The fourth-order valence-electron chi connectivity index (χ4n) is 3.72. The average Bonchev–Trinajstić information content (AvgIpc) is 3.37. The number of benzene rings is 1. The molecule has 0 saturated heterocycles. The fourth-order valence-corrected chi connectivity index (χ4v) is 3.72. The van der Waals surface area contributed by atoms with Crippen molar-refractivity contribution in [3.05, 3.63) is 47.3 Å². The summed E-state index contributed by atoms with van der Waals surface area (Å²) in [4.78, 5) is 12.3. The molecule has 1 N–H and O–H groups in total. The Morgan fingerprint density at radius 2 is 2.04 bits per heavy atom. The number of nitrogens with one attached hydrogen (secondary N) is 1. The molecule has 25 heavy (non-hydrogen) atoms. The van der Waals surface area contributed by atoms with Crippen molar-refractivity contribution >= 4 is 5.91 Å². The van der Waals surface area contributed by atoms with Crippen molar-refractivity contribution in [1.29, 1.82) is 0 Å². The van der Waals surface area contributed by atoms with E-state index in [1.165, 1.54) is 31.4 Å². The Labute approximate surface area is 146 Å². The number of nitrogens with zero attached hydrogens (tertiary/aromatic N) is 3. The standard InChI is InChI=1S/C19H23FN4O/c20-14-7-5-13(6-8-14)15-12-16(15)19(25)21-10-9-18-23-22-17-4-2-1-3-11-24(17)18/h5-8,15-16H,1-4,9-12H2,(H,21,25)/t15-,16-/m1/s1. The highest BCUT2D eigenvalue weighted by Crippen LogP contribution is 2.47. The van der Waals surface area contributed by atoms with Gasteiger partial charge in [-0.1, -0.05) is 18.6 Å². The molecule has 2 aliphatic rings. The molecular weight excluding hydrogens is 319 g/mol. The SMILES string of the molecule is O=C(NCCc1nnc2n1CCCCC2)[C@@H]1C[C@@H]1c1ccc(F)cc1. The fraction of sp³-hybridized carbons (Fsp3) is 0.526. The van der Waals surface area contributed by atoms with Gasteiger partial charge in [-0.15, -0.1) is 10.2 Å². The smallest absolute Gasteiger partial charge is 0.223 e. The molecule has 1 aliphatic carbocycles. The topological polar surface area (TPSA) is 59.8 Å². The largest absolute Gasteiger partial charge is 0.355 e. The zero-order chi connectivity index (χ0) is 17.2. The summed E-state index contributed by atoms with van der Waals surface area (Å²) in [5.41, 5.74) is 1.05. The number of hydrogen-bond donors (Lipinski definition) is 1. The maximum atomic E-state index is 13.0. The quantitative estimate of drug-likeness (QED) is 0.909. The van der Waals surface area contributed by atoms with Crippen LogP contribution in [0.3, 0.4) is 0 Å². The lowest BCUT2D eigenvalue weighted by Crippen LogP contribution is -2.28. The third-order valence-electron chi connectivity index (χ3n) is 5.26. The van der Waals surface area contributed by atoms with E-state index in [-0.39, 0.29) is 23.6 Å². The van der Waals surface area contributed by atoms with Crippen LogP contribution < -0.4 is 5.32 Å². The van der Waals surface area contributed by atoms with Crippen LogP contribution in [0.2, 0.25) is 0 Å². The first-order valence-corrected chi connectivity index (χ1v) is 9.16. The number of carbonyl (C=O) groups excluding carboxylic acids is 1. The predicted octanol–water partition coefficient (Wildman–Crippen LogP) is 2.61. The van der Waals surface area contributed by atoms with Gasteiger partial charge in [0.15, 0.2) is 0 Å². The Kier molecular flexibility index (Phi) is 4.51. The van der Waals surface area contributed by atoms with Crippen molar-refractivity contribution in [3.8, 4) is 0 Å². The first-order chi connectivity index (χ1) is 12.2. The Balaban J connectivity index is 1.28. The molecule has 2 heterocycles. The highest BCUT2D eigenvalue weighted by molar-refractivity contribution is 5.82. The third-order valence-corrected chi connectivity index (χ3v) is 5.26. The van der Waals surface area contributed by atoms with Crippen LogP contribution in [0.1, 0.15) is 48.8 Å². The molecule has 0 bridgehead atoms. The summed E-state index contributed by atoms with van der Waals surface area (Å²) in [7, 11) is 0. The summed E-state index contributed by atoms with van der Waals surface area (Å²) < 4.78 is 15.2. The van der Waals surface area contributed by atoms with Gasteiger partial charge in [0.2, 0.25) is 5.91 Å². The number of rotatable bonds is 5. The Bertz CT molecular complexity index is 755. The van der Waals surface area contributed by atoms with E-state index in [1.807, 2.05) is 0 Å². The summed E-state index contributed by atoms with van der Waals surface area (Å²) >= 11 is 0. The van der Waals surface area contributed by atoms with Gasteiger partial charge in [0.05, 0.1) is 0 Å². The van der Waals surface area contributed by atoms with E-state index in [9.17, 15) is 9.18 Å². The molecule has 1 aliphatic heterocycles. The van der Waals surface area contributed by atoms with Crippen molar-refractivity contribution in [2.45, 2.75) is 51.0 Å². The zero-order valence-electron chi connectivity index (χ0n) is 14.2. The van der Waals surface area contributed by atoms with Gasteiger partial charge >= 0.3 is 0 Å². The number of amides is 1. The molecule has 2 atom stereocenters. The van der Waals surface area contributed by atoms with Crippen LogP contribution >= 0.6 is 0 Å². The van der Waals surface area contributed by atoms with Gasteiger partial charge in [0.1, 0.15) is 17.5 Å². The van der Waals surface area contributed by atoms with Gasteiger partial charge in [-0.05, 0) is 42.9 Å². The Hall–Kier alpha value is -2.24. The molecule has 1 amide bonds. The van der Waals surface area contributed by atoms with Crippen LogP contribution in [0, 0.1) is 11.7 Å². The van der Waals surface area contributed by atoms with Crippen molar-refractivity contribution in [1.82, 2.24) is 20.1 Å². The molecule has 0 radical (unpaired) electrons. The number of halogens is 1. The number of fused-ring (bicyclic) bond motifs is 1. The summed E-state index contributed by atoms with van der Waals surface area (Å²) in [6, 6.07) is 6.47.